The average Bonchev–Trinajstić information content (AvgIpc) is 3.31. The first kappa shape index (κ1) is 16.7. The Morgan fingerprint density at radius 1 is 1.00 bits per heavy atom. The van der Waals surface area contributed by atoms with Gasteiger partial charge in [0.1, 0.15) is 6.04 Å². The lowest BCUT2D eigenvalue weighted by atomic mass is 9.98. The van der Waals surface area contributed by atoms with Crippen LogP contribution in [0.3, 0.4) is 0 Å². The topological polar surface area (TPSA) is 29.3 Å². The summed E-state index contributed by atoms with van der Waals surface area (Å²) >= 11 is 0. The molecule has 3 nitrogen and oxygen atoms in total. The summed E-state index contributed by atoms with van der Waals surface area (Å²) in [6.45, 7) is 4.47. The Morgan fingerprint density at radius 3 is 2.00 bits per heavy atom. The van der Waals surface area contributed by atoms with Crippen LogP contribution in [0.4, 0.5) is 0 Å². The first-order valence-electron chi connectivity index (χ1n) is 8.81. The van der Waals surface area contributed by atoms with Crippen LogP contribution < -0.4 is 0 Å². The second kappa shape index (κ2) is 7.63. The molecule has 1 heterocycles. The van der Waals surface area contributed by atoms with Crippen LogP contribution in [0.1, 0.15) is 43.9 Å². The van der Waals surface area contributed by atoms with Gasteiger partial charge in [0.05, 0.1) is 12.6 Å². The molecule has 0 radical (unpaired) electrons. The number of rotatable bonds is 7. The highest BCUT2D eigenvalue weighted by molar-refractivity contribution is 5.80. The molecule has 2 aromatic rings. The minimum atomic E-state index is -0.129. The molecule has 126 valence electrons. The quantitative estimate of drug-likeness (QED) is 0.565. The third-order valence-corrected chi connectivity index (χ3v) is 4.62. The highest BCUT2D eigenvalue weighted by atomic mass is 16.5. The monoisotopic (exact) mass is 323 g/mol. The number of hydrogen-bond acceptors (Lipinski definition) is 3. The molecule has 0 bridgehead atoms. The molecule has 0 aliphatic carbocycles. The summed E-state index contributed by atoms with van der Waals surface area (Å²) in [5.74, 6) is -0.0900. The first-order valence-corrected chi connectivity index (χ1v) is 8.81. The van der Waals surface area contributed by atoms with E-state index in [4.69, 9.17) is 4.74 Å². The Balaban J connectivity index is 1.95. The van der Waals surface area contributed by atoms with Gasteiger partial charge in [-0.15, -0.1) is 0 Å². The number of nitrogens with zero attached hydrogens (tertiary/aromatic N) is 1. The normalized spacial score (nSPS) is 22.4. The van der Waals surface area contributed by atoms with E-state index in [0.29, 0.717) is 6.61 Å². The van der Waals surface area contributed by atoms with Gasteiger partial charge in [-0.1, -0.05) is 74.0 Å². The fourth-order valence-electron chi connectivity index (χ4n) is 3.57. The maximum Gasteiger partial charge on any atom is 0.325 e. The van der Waals surface area contributed by atoms with Crippen LogP contribution in [0.15, 0.2) is 60.7 Å². The van der Waals surface area contributed by atoms with E-state index < -0.39 is 0 Å². The van der Waals surface area contributed by atoms with E-state index in [1.165, 1.54) is 11.1 Å². The standard InChI is InChI=1S/C21H25NO2/c1-3-11-18-20(21(23)24-4-2)22(18)19(16-12-7-5-8-13-16)17-14-9-6-10-15-17/h5-10,12-15,18-20H,3-4,11H2,1-2H3/t18-,20-,22?/m0/s1. The summed E-state index contributed by atoms with van der Waals surface area (Å²) in [6.07, 6.45) is 2.08. The van der Waals surface area contributed by atoms with E-state index in [1.54, 1.807) is 0 Å². The zero-order valence-electron chi connectivity index (χ0n) is 14.4. The molecule has 3 atom stereocenters. The van der Waals surface area contributed by atoms with Gasteiger partial charge in [-0.05, 0) is 24.5 Å². The van der Waals surface area contributed by atoms with E-state index in [1.807, 2.05) is 19.1 Å². The maximum absolute atomic E-state index is 12.4. The predicted molar refractivity (Wildman–Crippen MR) is 95.7 cm³/mol. The van der Waals surface area contributed by atoms with Crippen molar-refractivity contribution in [3.8, 4) is 0 Å². The Hall–Kier alpha value is -2.13. The number of esters is 1. The largest absolute Gasteiger partial charge is 0.465 e. The Kier molecular flexibility index (Phi) is 5.31. The lowest BCUT2D eigenvalue weighted by Gasteiger charge is -2.21. The molecule has 0 spiro atoms. The third kappa shape index (κ3) is 3.36. The van der Waals surface area contributed by atoms with Crippen LogP contribution in [-0.4, -0.2) is 29.6 Å². The SMILES string of the molecule is CCC[C@H]1[C@@H](C(=O)OCC)N1C(c1ccccc1)c1ccccc1. The lowest BCUT2D eigenvalue weighted by molar-refractivity contribution is -0.143. The second-order valence-electron chi connectivity index (χ2n) is 6.22. The van der Waals surface area contributed by atoms with Crippen molar-refractivity contribution in [2.45, 2.75) is 44.8 Å². The fraction of sp³-hybridized carbons (Fsp3) is 0.381. The zero-order valence-corrected chi connectivity index (χ0v) is 14.4. The molecule has 1 unspecified atom stereocenters. The van der Waals surface area contributed by atoms with E-state index >= 15 is 0 Å². The molecule has 3 heteroatoms. The van der Waals surface area contributed by atoms with Crippen molar-refractivity contribution < 1.29 is 9.53 Å². The number of ether oxygens (including phenoxy) is 1. The van der Waals surface area contributed by atoms with Gasteiger partial charge in [-0.2, -0.15) is 0 Å². The van der Waals surface area contributed by atoms with Crippen LogP contribution >= 0.6 is 0 Å². The fourth-order valence-corrected chi connectivity index (χ4v) is 3.57. The summed E-state index contributed by atoms with van der Waals surface area (Å²) in [4.78, 5) is 14.7. The van der Waals surface area contributed by atoms with E-state index in [9.17, 15) is 4.79 Å². The van der Waals surface area contributed by atoms with Crippen molar-refractivity contribution >= 4 is 5.97 Å². The summed E-state index contributed by atoms with van der Waals surface area (Å²) in [5, 5.41) is 0. The van der Waals surface area contributed by atoms with Gasteiger partial charge in [-0.3, -0.25) is 9.69 Å². The van der Waals surface area contributed by atoms with Crippen LogP contribution in [0.5, 0.6) is 0 Å². The van der Waals surface area contributed by atoms with Crippen LogP contribution in [-0.2, 0) is 9.53 Å². The molecule has 2 aromatic carbocycles. The van der Waals surface area contributed by atoms with Gasteiger partial charge < -0.3 is 4.74 Å². The summed E-state index contributed by atoms with van der Waals surface area (Å²) < 4.78 is 5.31. The van der Waals surface area contributed by atoms with Crippen molar-refractivity contribution in [3.05, 3.63) is 71.8 Å². The molecule has 0 saturated carbocycles. The number of carbonyl (C=O) groups excluding carboxylic acids is 1. The highest BCUT2D eigenvalue weighted by Crippen LogP contribution is 2.44. The van der Waals surface area contributed by atoms with Crippen molar-refractivity contribution in [1.29, 1.82) is 0 Å². The number of carbonyl (C=O) groups is 1. The summed E-state index contributed by atoms with van der Waals surface area (Å²) in [5.41, 5.74) is 2.44. The van der Waals surface area contributed by atoms with Crippen molar-refractivity contribution in [1.82, 2.24) is 4.90 Å². The molecular formula is C21H25NO2. The van der Waals surface area contributed by atoms with E-state index in [0.717, 1.165) is 12.8 Å². The van der Waals surface area contributed by atoms with Gasteiger partial charge in [0.2, 0.25) is 0 Å². The van der Waals surface area contributed by atoms with Crippen molar-refractivity contribution in [3.63, 3.8) is 0 Å². The molecule has 1 aliphatic heterocycles. The van der Waals surface area contributed by atoms with Gasteiger partial charge in [-0.25, -0.2) is 0 Å². The first-order chi connectivity index (χ1) is 11.8. The minimum absolute atomic E-state index is 0.0900. The van der Waals surface area contributed by atoms with Crippen LogP contribution in [0.2, 0.25) is 0 Å². The second-order valence-corrected chi connectivity index (χ2v) is 6.22. The van der Waals surface area contributed by atoms with Crippen LogP contribution in [0, 0.1) is 0 Å². The average molecular weight is 323 g/mol. The van der Waals surface area contributed by atoms with E-state index in [2.05, 4.69) is 60.4 Å². The predicted octanol–water partition coefficient (Wildman–Crippen LogP) is 4.19. The van der Waals surface area contributed by atoms with Gasteiger partial charge in [0.25, 0.3) is 0 Å². The van der Waals surface area contributed by atoms with E-state index in [-0.39, 0.29) is 24.1 Å². The third-order valence-electron chi connectivity index (χ3n) is 4.62. The van der Waals surface area contributed by atoms with Gasteiger partial charge in [0.15, 0.2) is 0 Å². The molecule has 0 aromatic heterocycles. The Bertz CT molecular complexity index is 617. The van der Waals surface area contributed by atoms with Gasteiger partial charge >= 0.3 is 5.97 Å². The van der Waals surface area contributed by atoms with Crippen molar-refractivity contribution in [2.24, 2.45) is 0 Å². The molecule has 1 saturated heterocycles. The maximum atomic E-state index is 12.4. The molecule has 3 rings (SSSR count). The summed E-state index contributed by atoms with van der Waals surface area (Å²) in [7, 11) is 0. The minimum Gasteiger partial charge on any atom is -0.465 e. The molecule has 1 fully saturated rings. The Labute approximate surface area is 144 Å². The molecule has 24 heavy (non-hydrogen) atoms. The van der Waals surface area contributed by atoms with Crippen molar-refractivity contribution in [2.75, 3.05) is 6.61 Å². The smallest absolute Gasteiger partial charge is 0.325 e. The molecule has 1 aliphatic rings. The molecule has 0 N–H and O–H groups in total. The summed E-state index contributed by atoms with van der Waals surface area (Å²) in [6, 6.07) is 21.1. The number of hydrogen-bond donors (Lipinski definition) is 0. The number of benzene rings is 2. The molecular weight excluding hydrogens is 298 g/mol. The Morgan fingerprint density at radius 2 is 1.54 bits per heavy atom. The van der Waals surface area contributed by atoms with Crippen LogP contribution in [0.25, 0.3) is 0 Å². The lowest BCUT2D eigenvalue weighted by Crippen LogP contribution is -2.20. The van der Waals surface area contributed by atoms with Gasteiger partial charge in [0, 0.05) is 6.04 Å². The molecule has 0 amide bonds. The zero-order chi connectivity index (χ0) is 16.9. The highest BCUT2D eigenvalue weighted by Gasteiger charge is 2.56.